The lowest BCUT2D eigenvalue weighted by molar-refractivity contribution is -0.122. The third kappa shape index (κ3) is 4.09. The molecule has 1 N–H and O–H groups in total. The first-order valence-corrected chi connectivity index (χ1v) is 8.15. The van der Waals surface area contributed by atoms with E-state index in [1.165, 1.54) is 42.2 Å². The number of nitrogens with one attached hydrogen (secondary N) is 1. The smallest absolute Gasteiger partial charge is 0.265 e. The van der Waals surface area contributed by atoms with Crippen molar-refractivity contribution < 1.29 is 13.9 Å². The van der Waals surface area contributed by atoms with E-state index in [4.69, 9.17) is 27.9 Å². The summed E-state index contributed by atoms with van der Waals surface area (Å²) in [5.41, 5.74) is 0.460. The third-order valence-corrected chi connectivity index (χ3v) is 3.92. The fraction of sp³-hybridized carbons (Fsp3) is 0.125. The normalized spacial score (nSPS) is 11.8. The highest BCUT2D eigenvalue weighted by Gasteiger charge is 2.18. The maximum atomic E-state index is 14.0. The number of benzene rings is 2. The Morgan fingerprint density at radius 1 is 1.27 bits per heavy atom. The fourth-order valence-corrected chi connectivity index (χ4v) is 2.53. The van der Waals surface area contributed by atoms with Crippen LogP contribution in [-0.2, 0) is 4.79 Å². The molecule has 26 heavy (non-hydrogen) atoms. The molecule has 1 amide bonds. The van der Waals surface area contributed by atoms with Gasteiger partial charge in [0.2, 0.25) is 0 Å². The van der Waals surface area contributed by atoms with Gasteiger partial charge in [0, 0.05) is 5.02 Å². The summed E-state index contributed by atoms with van der Waals surface area (Å²) < 4.78 is 20.9. The van der Waals surface area contributed by atoms with Crippen LogP contribution >= 0.6 is 23.2 Å². The van der Waals surface area contributed by atoms with Gasteiger partial charge in [-0.15, -0.1) is 5.10 Å². The van der Waals surface area contributed by atoms with Crippen molar-refractivity contribution in [3.8, 4) is 11.4 Å². The molecule has 0 aliphatic rings. The number of rotatable bonds is 5. The Kier molecular flexibility index (Phi) is 5.34. The molecule has 0 aliphatic heterocycles. The van der Waals surface area contributed by atoms with Gasteiger partial charge in [-0.25, -0.2) is 9.07 Å². The summed E-state index contributed by atoms with van der Waals surface area (Å²) in [6.07, 6.45) is 0.428. The Morgan fingerprint density at radius 2 is 2.08 bits per heavy atom. The summed E-state index contributed by atoms with van der Waals surface area (Å²) in [7, 11) is 0. The van der Waals surface area contributed by atoms with Gasteiger partial charge in [0.15, 0.2) is 6.10 Å². The van der Waals surface area contributed by atoms with E-state index in [1.54, 1.807) is 12.1 Å². The van der Waals surface area contributed by atoms with Gasteiger partial charge in [-0.3, -0.25) is 4.79 Å². The van der Waals surface area contributed by atoms with Crippen LogP contribution in [0.4, 0.5) is 10.1 Å². The molecule has 1 heterocycles. The molecule has 1 unspecified atom stereocenters. The standard InChI is InChI=1S/C16H12Cl2FN5O2/c1-9(26-15-5-2-10(17)6-12(15)18)16(25)21-14-7-11(3-4-13(14)19)24-8-20-22-23-24/h2-9H,1H3,(H,21,25). The van der Waals surface area contributed by atoms with Crippen LogP contribution < -0.4 is 10.1 Å². The summed E-state index contributed by atoms with van der Waals surface area (Å²) in [6, 6.07) is 8.73. The topological polar surface area (TPSA) is 81.9 Å². The van der Waals surface area contributed by atoms with Crippen LogP contribution in [0, 0.1) is 5.82 Å². The zero-order valence-corrected chi connectivity index (χ0v) is 14.9. The average Bonchev–Trinajstić information content (AvgIpc) is 3.13. The van der Waals surface area contributed by atoms with Crippen molar-refractivity contribution >= 4 is 34.8 Å². The van der Waals surface area contributed by atoms with Gasteiger partial charge < -0.3 is 10.1 Å². The number of nitrogens with zero attached hydrogens (tertiary/aromatic N) is 4. The lowest BCUT2D eigenvalue weighted by atomic mass is 10.2. The highest BCUT2D eigenvalue weighted by atomic mass is 35.5. The number of hydrogen-bond acceptors (Lipinski definition) is 5. The number of aromatic nitrogens is 4. The van der Waals surface area contributed by atoms with Crippen LogP contribution in [0.3, 0.4) is 0 Å². The molecule has 3 rings (SSSR count). The number of amides is 1. The Balaban J connectivity index is 1.73. The monoisotopic (exact) mass is 395 g/mol. The maximum Gasteiger partial charge on any atom is 0.265 e. The van der Waals surface area contributed by atoms with E-state index < -0.39 is 17.8 Å². The second kappa shape index (κ2) is 7.67. The van der Waals surface area contributed by atoms with Gasteiger partial charge in [0.05, 0.1) is 16.4 Å². The zero-order chi connectivity index (χ0) is 18.7. The maximum absolute atomic E-state index is 14.0. The van der Waals surface area contributed by atoms with E-state index in [0.717, 1.165) is 0 Å². The molecule has 0 saturated carbocycles. The van der Waals surface area contributed by atoms with E-state index in [-0.39, 0.29) is 10.7 Å². The summed E-state index contributed by atoms with van der Waals surface area (Å²) in [5, 5.41) is 13.9. The molecule has 2 aromatic carbocycles. The number of carbonyl (C=O) groups is 1. The predicted molar refractivity (Wildman–Crippen MR) is 94.3 cm³/mol. The molecule has 0 radical (unpaired) electrons. The largest absolute Gasteiger partial charge is 0.479 e. The molecular formula is C16H12Cl2FN5O2. The quantitative estimate of drug-likeness (QED) is 0.714. The molecule has 0 spiro atoms. The first-order valence-electron chi connectivity index (χ1n) is 7.39. The number of ether oxygens (including phenoxy) is 1. The van der Waals surface area contributed by atoms with Gasteiger partial charge in [0.1, 0.15) is 17.9 Å². The summed E-state index contributed by atoms with van der Waals surface area (Å²) >= 11 is 11.8. The third-order valence-electron chi connectivity index (χ3n) is 3.39. The van der Waals surface area contributed by atoms with Crippen LogP contribution in [0.1, 0.15) is 6.92 Å². The lowest BCUT2D eigenvalue weighted by Gasteiger charge is -2.16. The minimum atomic E-state index is -0.926. The van der Waals surface area contributed by atoms with Crippen LogP contribution in [0.15, 0.2) is 42.7 Å². The summed E-state index contributed by atoms with van der Waals surface area (Å²) in [5.74, 6) is -0.864. The summed E-state index contributed by atoms with van der Waals surface area (Å²) in [4.78, 5) is 12.3. The highest BCUT2D eigenvalue weighted by molar-refractivity contribution is 6.35. The van der Waals surface area contributed by atoms with Crippen molar-refractivity contribution in [1.29, 1.82) is 0 Å². The molecule has 0 fully saturated rings. The van der Waals surface area contributed by atoms with Gasteiger partial charge in [0.25, 0.3) is 5.91 Å². The van der Waals surface area contributed by atoms with E-state index in [1.807, 2.05) is 0 Å². The van der Waals surface area contributed by atoms with E-state index in [9.17, 15) is 9.18 Å². The Morgan fingerprint density at radius 3 is 2.77 bits per heavy atom. The first kappa shape index (κ1) is 18.1. The molecular weight excluding hydrogens is 384 g/mol. The Bertz CT molecular complexity index is 936. The number of halogens is 3. The highest BCUT2D eigenvalue weighted by Crippen LogP contribution is 2.28. The van der Waals surface area contributed by atoms with E-state index >= 15 is 0 Å². The van der Waals surface area contributed by atoms with Crippen molar-refractivity contribution in [1.82, 2.24) is 20.2 Å². The molecule has 7 nitrogen and oxygen atoms in total. The second-order valence-corrected chi connectivity index (χ2v) is 6.09. The van der Waals surface area contributed by atoms with Crippen LogP contribution in [-0.4, -0.2) is 32.2 Å². The van der Waals surface area contributed by atoms with Gasteiger partial charge in [-0.1, -0.05) is 23.2 Å². The van der Waals surface area contributed by atoms with Gasteiger partial charge in [-0.05, 0) is 53.7 Å². The van der Waals surface area contributed by atoms with Crippen molar-refractivity contribution in [2.45, 2.75) is 13.0 Å². The zero-order valence-electron chi connectivity index (χ0n) is 13.4. The Hall–Kier alpha value is -2.71. The molecule has 1 aromatic heterocycles. The van der Waals surface area contributed by atoms with Crippen molar-refractivity contribution in [3.05, 3.63) is 58.6 Å². The van der Waals surface area contributed by atoms with Gasteiger partial charge >= 0.3 is 0 Å². The second-order valence-electron chi connectivity index (χ2n) is 5.24. The SMILES string of the molecule is CC(Oc1ccc(Cl)cc1Cl)C(=O)Nc1cc(-n2cnnn2)ccc1F. The summed E-state index contributed by atoms with van der Waals surface area (Å²) in [6.45, 7) is 1.52. The van der Waals surface area contributed by atoms with Crippen molar-refractivity contribution in [2.75, 3.05) is 5.32 Å². The molecule has 3 aromatic rings. The number of tetrazole rings is 1. The van der Waals surface area contributed by atoms with Crippen molar-refractivity contribution in [3.63, 3.8) is 0 Å². The number of carbonyl (C=O) groups excluding carboxylic acids is 1. The number of anilines is 1. The molecule has 134 valence electrons. The van der Waals surface area contributed by atoms with Gasteiger partial charge in [-0.2, -0.15) is 0 Å². The minimum absolute atomic E-state index is 0.0272. The van der Waals surface area contributed by atoms with Crippen LogP contribution in [0.5, 0.6) is 5.75 Å². The lowest BCUT2D eigenvalue weighted by Crippen LogP contribution is -2.30. The fourth-order valence-electron chi connectivity index (χ4n) is 2.08. The predicted octanol–water partition coefficient (Wildman–Crippen LogP) is 3.51. The Labute approximate surface area is 157 Å². The van der Waals surface area contributed by atoms with Crippen molar-refractivity contribution in [2.24, 2.45) is 0 Å². The molecule has 10 heteroatoms. The molecule has 0 bridgehead atoms. The number of hydrogen-bond donors (Lipinski definition) is 1. The average molecular weight is 396 g/mol. The minimum Gasteiger partial charge on any atom is -0.479 e. The molecule has 0 saturated heterocycles. The molecule has 1 atom stereocenters. The molecule has 0 aliphatic carbocycles. The van der Waals surface area contributed by atoms with Crippen LogP contribution in [0.25, 0.3) is 5.69 Å². The van der Waals surface area contributed by atoms with Crippen LogP contribution in [0.2, 0.25) is 10.0 Å². The van der Waals surface area contributed by atoms with E-state index in [2.05, 4.69) is 20.8 Å². The van der Waals surface area contributed by atoms with E-state index in [0.29, 0.717) is 16.5 Å². The first-order chi connectivity index (χ1) is 12.4.